The molecule has 0 aromatic heterocycles. The average molecular weight is 371 g/mol. The molecule has 1 aliphatic carbocycles. The average Bonchev–Trinajstić information content (AvgIpc) is 3.10. The topological polar surface area (TPSA) is 78.6 Å². The Bertz CT molecular complexity index is 678. The lowest BCUT2D eigenvalue weighted by Gasteiger charge is -2.47. The van der Waals surface area contributed by atoms with Crippen molar-refractivity contribution in [3.05, 3.63) is 30.3 Å². The smallest absolute Gasteiger partial charge is 0.220 e. The maximum Gasteiger partial charge on any atom is 0.220 e. The molecule has 2 N–H and O–H groups in total. The van der Waals surface area contributed by atoms with Gasteiger partial charge in [0.25, 0.3) is 0 Å². The van der Waals surface area contributed by atoms with E-state index >= 15 is 4.39 Å². The summed E-state index contributed by atoms with van der Waals surface area (Å²) in [4.78, 5) is -0.0288. The van der Waals surface area contributed by atoms with E-state index in [1.54, 1.807) is 18.2 Å². The molecule has 1 aromatic carbocycles. The van der Waals surface area contributed by atoms with Crippen LogP contribution in [0.5, 0.6) is 0 Å². The van der Waals surface area contributed by atoms with Crippen LogP contribution in [-0.2, 0) is 19.3 Å². The molecule has 2 atom stereocenters. The number of hydrogen-bond acceptors (Lipinski definition) is 5. The minimum Gasteiger partial charge on any atom is -0.348 e. The molecule has 1 aliphatic heterocycles. The van der Waals surface area contributed by atoms with Crippen molar-refractivity contribution in [3.8, 4) is 0 Å². The normalized spacial score (nSPS) is 24.9. The van der Waals surface area contributed by atoms with Gasteiger partial charge >= 0.3 is 0 Å². The van der Waals surface area contributed by atoms with E-state index in [1.807, 2.05) is 6.92 Å². The summed E-state index contributed by atoms with van der Waals surface area (Å²) in [5.41, 5.74) is 3.51. The van der Waals surface area contributed by atoms with Gasteiger partial charge in [-0.2, -0.15) is 0 Å². The molecule has 1 aromatic rings. The molecule has 1 saturated carbocycles. The maximum absolute atomic E-state index is 15.1. The highest BCUT2D eigenvalue weighted by molar-refractivity contribution is 7.92. The monoisotopic (exact) mass is 371 g/mol. The number of ether oxygens (including phenoxy) is 2. The second-order valence-electron chi connectivity index (χ2n) is 7.06. The molecule has 0 radical (unpaired) electrons. The van der Waals surface area contributed by atoms with Crippen LogP contribution in [0.25, 0.3) is 0 Å². The first-order valence-corrected chi connectivity index (χ1v) is 10.4. The van der Waals surface area contributed by atoms with Crippen molar-refractivity contribution in [2.45, 2.75) is 61.3 Å². The van der Waals surface area contributed by atoms with Crippen LogP contribution in [0.2, 0.25) is 0 Å². The number of rotatable bonds is 5. The third kappa shape index (κ3) is 3.35. The first kappa shape index (κ1) is 18.8. The zero-order valence-corrected chi connectivity index (χ0v) is 15.3. The zero-order chi connectivity index (χ0) is 18.1. The van der Waals surface area contributed by atoms with Crippen molar-refractivity contribution in [3.63, 3.8) is 0 Å². The molecule has 3 rings (SSSR count). The molecule has 1 saturated heterocycles. The fourth-order valence-electron chi connectivity index (χ4n) is 4.05. The minimum absolute atomic E-state index is 0.0288. The van der Waals surface area contributed by atoms with E-state index in [9.17, 15) is 8.42 Å². The van der Waals surface area contributed by atoms with Gasteiger partial charge in [-0.15, -0.1) is 0 Å². The largest absolute Gasteiger partial charge is 0.348 e. The highest BCUT2D eigenvalue weighted by atomic mass is 32.2. The molecule has 140 valence electrons. The zero-order valence-electron chi connectivity index (χ0n) is 14.5. The van der Waals surface area contributed by atoms with Gasteiger partial charge in [0.2, 0.25) is 15.3 Å². The number of hydrogen-bond donors (Lipinski definition) is 1. The molecule has 1 heterocycles. The highest BCUT2D eigenvalue weighted by Crippen LogP contribution is 2.49. The maximum atomic E-state index is 15.1. The Kier molecular flexibility index (Phi) is 5.21. The summed E-state index contributed by atoms with van der Waals surface area (Å²) in [6.07, 6.45) is 3.04. The van der Waals surface area contributed by atoms with Crippen molar-refractivity contribution < 1.29 is 22.3 Å². The minimum atomic E-state index is -4.12. The lowest BCUT2D eigenvalue weighted by molar-refractivity contribution is -0.194. The Balaban J connectivity index is 1.79. The van der Waals surface area contributed by atoms with E-state index in [0.29, 0.717) is 45.3 Å². The summed E-state index contributed by atoms with van der Waals surface area (Å²) in [6, 6.07) is 6.59. The summed E-state index contributed by atoms with van der Waals surface area (Å²) in [6.45, 7) is 3.08. The van der Waals surface area contributed by atoms with Crippen LogP contribution in [-0.4, -0.2) is 39.0 Å². The molecule has 7 heteroatoms. The fraction of sp³-hybridized carbons (Fsp3) is 0.667. The lowest BCUT2D eigenvalue weighted by atomic mass is 9.66. The van der Waals surface area contributed by atoms with Gasteiger partial charge < -0.3 is 15.2 Å². The molecule has 2 fully saturated rings. The van der Waals surface area contributed by atoms with Gasteiger partial charge in [0.15, 0.2) is 5.79 Å². The van der Waals surface area contributed by atoms with E-state index in [0.717, 1.165) is 0 Å². The first-order valence-electron chi connectivity index (χ1n) is 8.82. The Morgan fingerprint density at radius 1 is 1.12 bits per heavy atom. The summed E-state index contributed by atoms with van der Waals surface area (Å²) in [5, 5.41) is 0. The molecule has 5 nitrogen and oxygen atoms in total. The van der Waals surface area contributed by atoms with E-state index in [4.69, 9.17) is 15.2 Å². The molecule has 1 spiro atoms. The van der Waals surface area contributed by atoms with E-state index < -0.39 is 32.6 Å². The molecule has 0 amide bonds. The number of nitrogens with two attached hydrogens (primary N) is 1. The van der Waals surface area contributed by atoms with Gasteiger partial charge in [-0.25, -0.2) is 12.8 Å². The molecule has 25 heavy (non-hydrogen) atoms. The summed E-state index contributed by atoms with van der Waals surface area (Å²) in [7, 11) is -4.12. The van der Waals surface area contributed by atoms with Crippen LogP contribution in [0.1, 0.15) is 39.0 Å². The molecular weight excluding hydrogens is 345 g/mol. The van der Waals surface area contributed by atoms with Crippen LogP contribution in [0.15, 0.2) is 35.2 Å². The third-order valence-corrected chi connectivity index (χ3v) is 7.70. The molecular formula is C18H26FNO4S. The van der Waals surface area contributed by atoms with Gasteiger partial charge in [0, 0.05) is 12.8 Å². The number of sulfone groups is 1. The van der Waals surface area contributed by atoms with Gasteiger partial charge in [0.05, 0.1) is 24.2 Å². The van der Waals surface area contributed by atoms with Gasteiger partial charge in [-0.05, 0) is 36.8 Å². The highest BCUT2D eigenvalue weighted by Gasteiger charge is 2.51. The van der Waals surface area contributed by atoms with Crippen molar-refractivity contribution in [1.29, 1.82) is 0 Å². The van der Waals surface area contributed by atoms with Crippen LogP contribution in [0.4, 0.5) is 4.39 Å². The first-order chi connectivity index (χ1) is 11.9. The van der Waals surface area contributed by atoms with E-state index in [2.05, 4.69) is 0 Å². The van der Waals surface area contributed by atoms with Crippen molar-refractivity contribution in [2.24, 2.45) is 11.1 Å². The van der Waals surface area contributed by atoms with Gasteiger partial charge in [-0.1, -0.05) is 25.1 Å². The SMILES string of the molecule is CCC1(C(N)C(F)S(=O)(=O)c2ccccc2)CCC2(CC1)OCCO2. The predicted octanol–water partition coefficient (Wildman–Crippen LogP) is 2.80. The van der Waals surface area contributed by atoms with Crippen molar-refractivity contribution in [2.75, 3.05) is 13.2 Å². The second-order valence-corrected chi connectivity index (χ2v) is 9.07. The fourth-order valence-corrected chi connectivity index (χ4v) is 5.52. The Morgan fingerprint density at radius 3 is 2.20 bits per heavy atom. The third-order valence-electron chi connectivity index (χ3n) is 5.88. The number of benzene rings is 1. The van der Waals surface area contributed by atoms with Crippen LogP contribution in [0, 0.1) is 5.41 Å². The predicted molar refractivity (Wildman–Crippen MR) is 92.3 cm³/mol. The summed E-state index contributed by atoms with van der Waals surface area (Å²) < 4.78 is 51.8. The van der Waals surface area contributed by atoms with Crippen LogP contribution >= 0.6 is 0 Å². The van der Waals surface area contributed by atoms with Crippen molar-refractivity contribution >= 4 is 9.84 Å². The summed E-state index contributed by atoms with van der Waals surface area (Å²) >= 11 is 0. The van der Waals surface area contributed by atoms with Crippen LogP contribution < -0.4 is 5.73 Å². The number of alkyl halides is 1. The van der Waals surface area contributed by atoms with Crippen LogP contribution in [0.3, 0.4) is 0 Å². The molecule has 2 unspecified atom stereocenters. The molecule has 2 aliphatic rings. The standard InChI is InChI=1S/C18H26FNO4S/c1-2-17(8-10-18(11-9-17)23-12-13-24-18)15(20)16(19)25(21,22)14-6-4-3-5-7-14/h3-7,15-16H,2,8-13,20H2,1H3. The Labute approximate surface area is 148 Å². The van der Waals surface area contributed by atoms with Crippen molar-refractivity contribution in [1.82, 2.24) is 0 Å². The van der Waals surface area contributed by atoms with Gasteiger partial charge in [-0.3, -0.25) is 0 Å². The Morgan fingerprint density at radius 2 is 1.68 bits per heavy atom. The lowest BCUT2D eigenvalue weighted by Crippen LogP contribution is -2.54. The van der Waals surface area contributed by atoms with E-state index in [1.165, 1.54) is 12.1 Å². The Hall–Kier alpha value is -1.02. The quantitative estimate of drug-likeness (QED) is 0.861. The van der Waals surface area contributed by atoms with Gasteiger partial charge in [0.1, 0.15) is 0 Å². The molecule has 0 bridgehead atoms. The number of halogens is 1. The summed E-state index contributed by atoms with van der Waals surface area (Å²) in [5.74, 6) is -0.581. The second kappa shape index (κ2) is 6.95. The van der Waals surface area contributed by atoms with E-state index in [-0.39, 0.29) is 4.90 Å².